The van der Waals surface area contributed by atoms with E-state index < -0.39 is 0 Å². The van der Waals surface area contributed by atoms with E-state index in [-0.39, 0.29) is 10.6 Å². The summed E-state index contributed by atoms with van der Waals surface area (Å²) in [5.74, 6) is 0. The lowest BCUT2D eigenvalue weighted by Gasteiger charge is -2.07. The molecule has 94 valence electrons. The summed E-state index contributed by atoms with van der Waals surface area (Å²) < 4.78 is 0. The number of benzene rings is 1. The lowest BCUT2D eigenvalue weighted by atomic mass is 10.2. The van der Waals surface area contributed by atoms with Crippen molar-refractivity contribution in [2.45, 2.75) is 13.5 Å². The standard InChI is InChI=1S/C12H13N3O2S/c1-8-6-9(2-3-11(8)15(16)17)14-7-12-10(13)4-5-18-12/h2-6,14H,7,13H2,1H3. The Labute approximate surface area is 108 Å². The zero-order chi connectivity index (χ0) is 13.1. The van der Waals surface area contributed by atoms with Gasteiger partial charge in [0.05, 0.1) is 11.5 Å². The normalized spacial score (nSPS) is 10.3. The Hall–Kier alpha value is -2.08. The van der Waals surface area contributed by atoms with Gasteiger partial charge in [0.15, 0.2) is 0 Å². The van der Waals surface area contributed by atoms with Crippen molar-refractivity contribution in [3.8, 4) is 0 Å². The number of hydrogen-bond donors (Lipinski definition) is 2. The summed E-state index contributed by atoms with van der Waals surface area (Å²) in [4.78, 5) is 11.4. The van der Waals surface area contributed by atoms with Crippen LogP contribution in [0.4, 0.5) is 17.1 Å². The number of nitro benzene ring substituents is 1. The molecule has 0 aliphatic carbocycles. The van der Waals surface area contributed by atoms with Crippen LogP contribution in [0.3, 0.4) is 0 Å². The van der Waals surface area contributed by atoms with Crippen LogP contribution >= 0.6 is 11.3 Å². The second-order valence-corrected chi connectivity index (χ2v) is 4.91. The third kappa shape index (κ3) is 2.60. The number of nitrogens with zero attached hydrogens (tertiary/aromatic N) is 1. The average molecular weight is 263 g/mol. The molecule has 0 atom stereocenters. The van der Waals surface area contributed by atoms with Crippen molar-refractivity contribution in [2.24, 2.45) is 0 Å². The predicted molar refractivity (Wildman–Crippen MR) is 73.9 cm³/mol. The highest BCUT2D eigenvalue weighted by molar-refractivity contribution is 7.10. The maximum absolute atomic E-state index is 10.7. The van der Waals surface area contributed by atoms with E-state index in [0.29, 0.717) is 12.1 Å². The second kappa shape index (κ2) is 5.05. The maximum Gasteiger partial charge on any atom is 0.272 e. The third-order valence-electron chi connectivity index (χ3n) is 2.63. The fourth-order valence-electron chi connectivity index (χ4n) is 1.65. The fraction of sp³-hybridized carbons (Fsp3) is 0.167. The molecular formula is C12H13N3O2S. The molecule has 0 spiro atoms. The lowest BCUT2D eigenvalue weighted by Crippen LogP contribution is -2.01. The molecule has 0 fully saturated rings. The first kappa shape index (κ1) is 12.4. The van der Waals surface area contributed by atoms with Crippen LogP contribution in [0.5, 0.6) is 0 Å². The van der Waals surface area contributed by atoms with Gasteiger partial charge in [-0.05, 0) is 30.5 Å². The number of nitro groups is 1. The van der Waals surface area contributed by atoms with Crippen molar-refractivity contribution in [1.29, 1.82) is 0 Å². The first-order valence-electron chi connectivity index (χ1n) is 5.38. The lowest BCUT2D eigenvalue weighted by molar-refractivity contribution is -0.385. The molecule has 0 amide bonds. The van der Waals surface area contributed by atoms with Crippen molar-refractivity contribution in [3.05, 3.63) is 50.2 Å². The van der Waals surface area contributed by atoms with Crippen molar-refractivity contribution in [2.75, 3.05) is 11.1 Å². The summed E-state index contributed by atoms with van der Waals surface area (Å²) in [6, 6.07) is 6.84. The number of nitrogens with one attached hydrogen (secondary N) is 1. The molecule has 1 aromatic heterocycles. The smallest absolute Gasteiger partial charge is 0.272 e. The van der Waals surface area contributed by atoms with Gasteiger partial charge in [-0.2, -0.15) is 0 Å². The topological polar surface area (TPSA) is 81.2 Å². The number of nitrogens with two attached hydrogens (primary N) is 1. The molecule has 0 saturated carbocycles. The average Bonchev–Trinajstić information content (AvgIpc) is 2.72. The summed E-state index contributed by atoms with van der Waals surface area (Å²) in [7, 11) is 0. The minimum Gasteiger partial charge on any atom is -0.398 e. The monoisotopic (exact) mass is 263 g/mol. The summed E-state index contributed by atoms with van der Waals surface area (Å²) in [5, 5.41) is 15.8. The van der Waals surface area contributed by atoms with E-state index in [0.717, 1.165) is 16.3 Å². The molecule has 5 nitrogen and oxygen atoms in total. The van der Waals surface area contributed by atoms with Gasteiger partial charge >= 0.3 is 0 Å². The minimum atomic E-state index is -0.379. The summed E-state index contributed by atoms with van der Waals surface area (Å²) in [6.07, 6.45) is 0. The van der Waals surface area contributed by atoms with Gasteiger partial charge in [-0.3, -0.25) is 10.1 Å². The highest BCUT2D eigenvalue weighted by atomic mass is 32.1. The van der Waals surface area contributed by atoms with E-state index >= 15 is 0 Å². The number of rotatable bonds is 4. The van der Waals surface area contributed by atoms with Crippen LogP contribution in [-0.4, -0.2) is 4.92 Å². The van der Waals surface area contributed by atoms with Crippen LogP contribution in [0.15, 0.2) is 29.6 Å². The quantitative estimate of drug-likeness (QED) is 0.655. The van der Waals surface area contributed by atoms with Crippen molar-refractivity contribution in [3.63, 3.8) is 0 Å². The first-order chi connectivity index (χ1) is 8.58. The molecule has 0 radical (unpaired) electrons. The van der Waals surface area contributed by atoms with Crippen molar-refractivity contribution < 1.29 is 4.92 Å². The van der Waals surface area contributed by atoms with Gasteiger partial charge in [-0.1, -0.05) is 0 Å². The minimum absolute atomic E-state index is 0.135. The van der Waals surface area contributed by atoms with E-state index in [1.165, 1.54) is 6.07 Å². The Morgan fingerprint density at radius 2 is 2.22 bits per heavy atom. The number of thiophene rings is 1. The van der Waals surface area contributed by atoms with Crippen LogP contribution in [0.1, 0.15) is 10.4 Å². The van der Waals surface area contributed by atoms with Crippen LogP contribution in [-0.2, 0) is 6.54 Å². The van der Waals surface area contributed by atoms with Gasteiger partial charge in [-0.15, -0.1) is 11.3 Å². The molecule has 1 heterocycles. The second-order valence-electron chi connectivity index (χ2n) is 3.91. The van der Waals surface area contributed by atoms with Crippen molar-refractivity contribution in [1.82, 2.24) is 0 Å². The molecule has 2 rings (SSSR count). The summed E-state index contributed by atoms with van der Waals surface area (Å²) in [6.45, 7) is 2.35. The SMILES string of the molecule is Cc1cc(NCc2sccc2N)ccc1[N+](=O)[O-]. The zero-order valence-electron chi connectivity index (χ0n) is 9.84. The van der Waals surface area contributed by atoms with E-state index in [1.54, 1.807) is 30.4 Å². The molecule has 0 saturated heterocycles. The Morgan fingerprint density at radius 1 is 1.44 bits per heavy atom. The van der Waals surface area contributed by atoms with E-state index in [4.69, 9.17) is 5.73 Å². The van der Waals surface area contributed by atoms with Crippen LogP contribution < -0.4 is 11.1 Å². The molecule has 6 heteroatoms. The number of hydrogen-bond acceptors (Lipinski definition) is 5. The van der Waals surface area contributed by atoms with E-state index in [1.807, 2.05) is 11.4 Å². The van der Waals surface area contributed by atoms with Gasteiger partial charge in [0.1, 0.15) is 0 Å². The Balaban J connectivity index is 2.09. The Morgan fingerprint density at radius 3 is 2.78 bits per heavy atom. The predicted octanol–water partition coefficient (Wildman–Crippen LogP) is 3.16. The van der Waals surface area contributed by atoms with Crippen LogP contribution in [0, 0.1) is 17.0 Å². The van der Waals surface area contributed by atoms with E-state index in [2.05, 4.69) is 5.32 Å². The summed E-state index contributed by atoms with van der Waals surface area (Å²) in [5.41, 5.74) is 8.18. The highest BCUT2D eigenvalue weighted by Gasteiger charge is 2.10. The molecule has 0 unspecified atom stereocenters. The first-order valence-corrected chi connectivity index (χ1v) is 6.26. The Bertz CT molecular complexity index is 580. The van der Waals surface area contributed by atoms with Gasteiger partial charge in [0.25, 0.3) is 5.69 Å². The van der Waals surface area contributed by atoms with Crippen molar-refractivity contribution >= 4 is 28.4 Å². The van der Waals surface area contributed by atoms with E-state index in [9.17, 15) is 10.1 Å². The third-order valence-corrected chi connectivity index (χ3v) is 3.56. The Kier molecular flexibility index (Phi) is 3.47. The van der Waals surface area contributed by atoms with Gasteiger partial charge in [-0.25, -0.2) is 0 Å². The van der Waals surface area contributed by atoms with Gasteiger partial charge in [0, 0.05) is 27.9 Å². The number of anilines is 2. The summed E-state index contributed by atoms with van der Waals surface area (Å²) >= 11 is 1.59. The molecule has 0 bridgehead atoms. The molecular weight excluding hydrogens is 250 g/mol. The number of nitrogen functional groups attached to an aromatic ring is 1. The molecule has 0 aliphatic heterocycles. The fourth-order valence-corrected chi connectivity index (χ4v) is 2.39. The molecule has 3 N–H and O–H groups in total. The molecule has 1 aromatic carbocycles. The van der Waals surface area contributed by atoms with Crippen LogP contribution in [0.2, 0.25) is 0 Å². The molecule has 0 aliphatic rings. The molecule has 2 aromatic rings. The van der Waals surface area contributed by atoms with Gasteiger partial charge in [0.2, 0.25) is 0 Å². The maximum atomic E-state index is 10.7. The number of aryl methyl sites for hydroxylation is 1. The molecule has 18 heavy (non-hydrogen) atoms. The highest BCUT2D eigenvalue weighted by Crippen LogP contribution is 2.24. The van der Waals surface area contributed by atoms with Gasteiger partial charge < -0.3 is 11.1 Å². The van der Waals surface area contributed by atoms with Crippen LogP contribution in [0.25, 0.3) is 0 Å². The zero-order valence-corrected chi connectivity index (χ0v) is 10.7. The largest absolute Gasteiger partial charge is 0.398 e.